The molecule has 0 aromatic heterocycles. The number of nitrogens with two attached hydrogens (primary N) is 1. The van der Waals surface area contributed by atoms with Crippen molar-refractivity contribution in [2.45, 2.75) is 38.3 Å². The van der Waals surface area contributed by atoms with Crippen molar-refractivity contribution in [3.63, 3.8) is 0 Å². The van der Waals surface area contributed by atoms with Crippen LogP contribution in [0.5, 0.6) is 0 Å². The number of carbonyl (C=O) groups excluding carboxylic acids is 1. The van der Waals surface area contributed by atoms with E-state index in [0.29, 0.717) is 6.42 Å². The third-order valence-electron chi connectivity index (χ3n) is 4.27. The molecule has 0 bridgehead atoms. The van der Waals surface area contributed by atoms with Gasteiger partial charge in [-0.25, -0.2) is 0 Å². The Bertz CT molecular complexity index is 449. The molecule has 116 valence electrons. The van der Waals surface area contributed by atoms with Gasteiger partial charge in [-0.2, -0.15) is 0 Å². The Hall–Kier alpha value is -1.39. The molecule has 2 atom stereocenters. The molecule has 4 nitrogen and oxygen atoms in total. The molecule has 2 unspecified atom stereocenters. The van der Waals surface area contributed by atoms with Crippen molar-refractivity contribution in [1.29, 1.82) is 0 Å². The summed E-state index contributed by atoms with van der Waals surface area (Å²) in [4.78, 5) is 17.0. The number of benzene rings is 1. The number of likely N-dealkylation sites (N-methyl/N-ethyl adjacent to an activating group) is 1. The number of rotatable bonds is 4. The molecule has 1 aliphatic heterocycles. The minimum absolute atomic E-state index is 0.0982. The van der Waals surface area contributed by atoms with Crippen LogP contribution in [0.25, 0.3) is 0 Å². The minimum Gasteiger partial charge on any atom is -0.337 e. The smallest absolute Gasteiger partial charge is 0.240 e. The Morgan fingerprint density at radius 1 is 1.33 bits per heavy atom. The third-order valence-corrected chi connectivity index (χ3v) is 4.27. The fourth-order valence-corrected chi connectivity index (χ4v) is 3.05. The van der Waals surface area contributed by atoms with Gasteiger partial charge in [0.05, 0.1) is 6.04 Å². The lowest BCUT2D eigenvalue weighted by molar-refractivity contribution is -0.134. The van der Waals surface area contributed by atoms with Crippen LogP contribution in [0, 0.1) is 0 Å². The van der Waals surface area contributed by atoms with Gasteiger partial charge in [-0.1, -0.05) is 37.3 Å². The Morgan fingerprint density at radius 3 is 2.71 bits per heavy atom. The second-order valence-corrected chi connectivity index (χ2v) is 6.01. The quantitative estimate of drug-likeness (QED) is 0.914. The summed E-state index contributed by atoms with van der Waals surface area (Å²) in [6.07, 6.45) is 2.62. The van der Waals surface area contributed by atoms with E-state index in [0.717, 1.165) is 38.0 Å². The van der Waals surface area contributed by atoms with Crippen molar-refractivity contribution in [1.82, 2.24) is 9.80 Å². The van der Waals surface area contributed by atoms with Crippen molar-refractivity contribution in [2.24, 2.45) is 5.73 Å². The molecule has 1 aromatic carbocycles. The largest absolute Gasteiger partial charge is 0.337 e. The molecule has 1 heterocycles. The average Bonchev–Trinajstić information content (AvgIpc) is 2.68. The van der Waals surface area contributed by atoms with Crippen LogP contribution < -0.4 is 5.73 Å². The molecule has 1 aliphatic rings. The third kappa shape index (κ3) is 4.29. The van der Waals surface area contributed by atoms with Crippen LogP contribution in [0.1, 0.15) is 25.3 Å². The van der Waals surface area contributed by atoms with Gasteiger partial charge in [-0.05, 0) is 38.4 Å². The lowest BCUT2D eigenvalue weighted by Crippen LogP contribution is -2.51. The molecule has 0 saturated carbocycles. The topological polar surface area (TPSA) is 49.6 Å². The van der Waals surface area contributed by atoms with Crippen LogP contribution in [-0.4, -0.2) is 54.5 Å². The summed E-state index contributed by atoms with van der Waals surface area (Å²) in [5, 5.41) is 0. The number of carbonyl (C=O) groups is 1. The summed E-state index contributed by atoms with van der Waals surface area (Å²) < 4.78 is 0. The highest BCUT2D eigenvalue weighted by atomic mass is 16.2. The molecule has 1 fully saturated rings. The maximum Gasteiger partial charge on any atom is 0.240 e. The van der Waals surface area contributed by atoms with Gasteiger partial charge in [-0.15, -0.1) is 0 Å². The van der Waals surface area contributed by atoms with Crippen LogP contribution in [-0.2, 0) is 11.2 Å². The first-order valence-electron chi connectivity index (χ1n) is 7.90. The van der Waals surface area contributed by atoms with E-state index in [-0.39, 0.29) is 11.9 Å². The predicted octanol–water partition coefficient (Wildman–Crippen LogP) is 1.50. The predicted molar refractivity (Wildman–Crippen MR) is 86.0 cm³/mol. The lowest BCUT2D eigenvalue weighted by Gasteiger charge is -2.32. The first-order valence-corrected chi connectivity index (χ1v) is 7.90. The maximum atomic E-state index is 12.7. The molecular weight excluding hydrogens is 262 g/mol. The molecule has 1 saturated heterocycles. The molecule has 0 radical (unpaired) electrons. The fourth-order valence-electron chi connectivity index (χ4n) is 3.05. The van der Waals surface area contributed by atoms with Gasteiger partial charge in [0, 0.05) is 19.1 Å². The summed E-state index contributed by atoms with van der Waals surface area (Å²) in [6.45, 7) is 4.96. The highest BCUT2D eigenvalue weighted by molar-refractivity contribution is 5.82. The average molecular weight is 289 g/mol. The van der Waals surface area contributed by atoms with Crippen LogP contribution in [0.3, 0.4) is 0 Å². The SMILES string of the molecule is CCC1CN(C)CCCN1C(=O)C(N)Cc1ccccc1. The monoisotopic (exact) mass is 289 g/mol. The van der Waals surface area contributed by atoms with E-state index >= 15 is 0 Å². The summed E-state index contributed by atoms with van der Waals surface area (Å²) in [6, 6.07) is 9.86. The van der Waals surface area contributed by atoms with Crippen LogP contribution in [0.15, 0.2) is 30.3 Å². The first-order chi connectivity index (χ1) is 10.1. The maximum absolute atomic E-state index is 12.7. The van der Waals surface area contributed by atoms with Gasteiger partial charge < -0.3 is 15.5 Å². The summed E-state index contributed by atoms with van der Waals surface area (Å²) >= 11 is 0. The number of amides is 1. The zero-order chi connectivity index (χ0) is 15.2. The van der Waals surface area contributed by atoms with E-state index in [1.807, 2.05) is 35.2 Å². The highest BCUT2D eigenvalue weighted by Crippen LogP contribution is 2.14. The van der Waals surface area contributed by atoms with Crippen molar-refractivity contribution >= 4 is 5.91 Å². The molecule has 4 heteroatoms. The number of nitrogens with zero attached hydrogens (tertiary/aromatic N) is 2. The van der Waals surface area contributed by atoms with E-state index in [1.165, 1.54) is 0 Å². The molecule has 2 rings (SSSR count). The standard InChI is InChI=1S/C17H27N3O/c1-3-15-13-19(2)10-7-11-20(15)17(21)16(18)12-14-8-5-4-6-9-14/h4-6,8-9,15-16H,3,7,10-13,18H2,1-2H3. The Labute approximate surface area is 127 Å². The summed E-state index contributed by atoms with van der Waals surface area (Å²) in [5.74, 6) is 0.0982. The Kier molecular flexibility index (Phi) is 5.76. The molecule has 0 aliphatic carbocycles. The summed E-state index contributed by atoms with van der Waals surface area (Å²) in [7, 11) is 2.13. The zero-order valence-electron chi connectivity index (χ0n) is 13.2. The van der Waals surface area contributed by atoms with E-state index in [2.05, 4.69) is 18.9 Å². The number of hydrogen-bond acceptors (Lipinski definition) is 3. The van der Waals surface area contributed by atoms with Crippen LogP contribution in [0.4, 0.5) is 0 Å². The van der Waals surface area contributed by atoms with Crippen molar-refractivity contribution in [2.75, 3.05) is 26.7 Å². The van der Waals surface area contributed by atoms with Crippen molar-refractivity contribution < 1.29 is 4.79 Å². The second kappa shape index (κ2) is 7.57. The van der Waals surface area contributed by atoms with Gasteiger partial charge in [0.2, 0.25) is 5.91 Å². The van der Waals surface area contributed by atoms with Gasteiger partial charge in [-0.3, -0.25) is 4.79 Å². The van der Waals surface area contributed by atoms with E-state index < -0.39 is 6.04 Å². The molecule has 21 heavy (non-hydrogen) atoms. The van der Waals surface area contributed by atoms with Gasteiger partial charge in [0.25, 0.3) is 0 Å². The van der Waals surface area contributed by atoms with Gasteiger partial charge in [0.15, 0.2) is 0 Å². The Balaban J connectivity index is 2.02. The summed E-state index contributed by atoms with van der Waals surface area (Å²) in [5.41, 5.74) is 7.30. The molecule has 1 amide bonds. The fraction of sp³-hybridized carbons (Fsp3) is 0.588. The molecular formula is C17H27N3O. The van der Waals surface area contributed by atoms with Crippen molar-refractivity contribution in [3.05, 3.63) is 35.9 Å². The van der Waals surface area contributed by atoms with E-state index in [9.17, 15) is 4.79 Å². The molecule has 1 aromatic rings. The highest BCUT2D eigenvalue weighted by Gasteiger charge is 2.29. The van der Waals surface area contributed by atoms with Gasteiger partial charge >= 0.3 is 0 Å². The van der Waals surface area contributed by atoms with Gasteiger partial charge in [0.1, 0.15) is 0 Å². The first kappa shape index (κ1) is 16.0. The lowest BCUT2D eigenvalue weighted by atomic mass is 10.0. The van der Waals surface area contributed by atoms with Crippen LogP contribution >= 0.6 is 0 Å². The molecule has 2 N–H and O–H groups in total. The normalized spacial score (nSPS) is 21.9. The van der Waals surface area contributed by atoms with E-state index in [4.69, 9.17) is 5.73 Å². The van der Waals surface area contributed by atoms with Crippen LogP contribution in [0.2, 0.25) is 0 Å². The molecule has 0 spiro atoms. The number of hydrogen-bond donors (Lipinski definition) is 1. The minimum atomic E-state index is -0.440. The van der Waals surface area contributed by atoms with E-state index in [1.54, 1.807) is 0 Å². The second-order valence-electron chi connectivity index (χ2n) is 6.01. The van der Waals surface area contributed by atoms with Crippen molar-refractivity contribution in [3.8, 4) is 0 Å². The zero-order valence-corrected chi connectivity index (χ0v) is 13.2. The Morgan fingerprint density at radius 2 is 2.05 bits per heavy atom.